The maximum atomic E-state index is 13.4. The van der Waals surface area contributed by atoms with Crippen LogP contribution < -0.4 is 4.31 Å². The normalized spacial score (nSPS) is 11.4. The molecule has 0 spiro atoms. The van der Waals surface area contributed by atoms with E-state index in [0.29, 0.717) is 23.0 Å². The average molecular weight is 422 g/mol. The molecule has 30 heavy (non-hydrogen) atoms. The van der Waals surface area contributed by atoms with E-state index in [4.69, 9.17) is 4.42 Å². The molecule has 0 N–H and O–H groups in total. The van der Waals surface area contributed by atoms with Gasteiger partial charge in [0.2, 0.25) is 5.89 Å². The van der Waals surface area contributed by atoms with E-state index in [9.17, 15) is 12.8 Å². The molecule has 5 nitrogen and oxygen atoms in total. The van der Waals surface area contributed by atoms with Crippen molar-refractivity contribution in [2.24, 2.45) is 0 Å². The Bertz CT molecular complexity index is 1240. The van der Waals surface area contributed by atoms with E-state index >= 15 is 0 Å². The molecule has 152 valence electrons. The van der Waals surface area contributed by atoms with Gasteiger partial charge in [-0.3, -0.25) is 4.31 Å². The van der Waals surface area contributed by atoms with Crippen LogP contribution in [0.2, 0.25) is 0 Å². The Kier molecular flexibility index (Phi) is 5.37. The topological polar surface area (TPSA) is 63.4 Å². The van der Waals surface area contributed by atoms with Crippen molar-refractivity contribution in [3.63, 3.8) is 0 Å². The van der Waals surface area contributed by atoms with E-state index in [0.717, 1.165) is 17.7 Å². The van der Waals surface area contributed by atoms with E-state index in [2.05, 4.69) is 4.98 Å². The van der Waals surface area contributed by atoms with E-state index in [-0.39, 0.29) is 11.4 Å². The number of aromatic nitrogens is 1. The number of anilines is 1. The number of para-hydroxylation sites is 1. The highest BCUT2D eigenvalue weighted by Crippen LogP contribution is 2.28. The minimum Gasteiger partial charge on any atom is -0.441 e. The molecular weight excluding hydrogens is 403 g/mol. The van der Waals surface area contributed by atoms with Crippen molar-refractivity contribution in [3.05, 3.63) is 102 Å². The summed E-state index contributed by atoms with van der Waals surface area (Å²) in [6.45, 7) is 1.73. The Hall–Kier alpha value is -3.45. The lowest BCUT2D eigenvalue weighted by atomic mass is 10.2. The highest BCUT2D eigenvalue weighted by atomic mass is 32.2. The molecule has 0 unspecified atom stereocenters. The van der Waals surface area contributed by atoms with E-state index < -0.39 is 15.8 Å². The van der Waals surface area contributed by atoms with E-state index in [1.54, 1.807) is 37.3 Å². The van der Waals surface area contributed by atoms with Gasteiger partial charge in [-0.1, -0.05) is 36.4 Å². The number of nitrogens with zero attached hydrogens (tertiary/aromatic N) is 2. The largest absolute Gasteiger partial charge is 0.441 e. The molecule has 0 amide bonds. The third-order valence-electron chi connectivity index (χ3n) is 4.65. The zero-order chi connectivity index (χ0) is 21.1. The lowest BCUT2D eigenvalue weighted by Crippen LogP contribution is -2.31. The lowest BCUT2D eigenvalue weighted by molar-refractivity contribution is 0.539. The summed E-state index contributed by atoms with van der Waals surface area (Å²) in [6, 6.07) is 22.9. The van der Waals surface area contributed by atoms with Gasteiger partial charge < -0.3 is 4.42 Å². The van der Waals surface area contributed by atoms with E-state index in [1.165, 1.54) is 16.4 Å². The molecule has 1 heterocycles. The van der Waals surface area contributed by atoms with E-state index in [1.807, 2.05) is 30.3 Å². The zero-order valence-electron chi connectivity index (χ0n) is 16.2. The molecule has 7 heteroatoms. The predicted molar refractivity (Wildman–Crippen MR) is 113 cm³/mol. The molecule has 0 saturated heterocycles. The summed E-state index contributed by atoms with van der Waals surface area (Å²) >= 11 is 0. The molecule has 0 aliphatic heterocycles. The second-order valence-corrected chi connectivity index (χ2v) is 8.55. The Labute approximate surface area is 174 Å². The maximum absolute atomic E-state index is 13.4. The van der Waals surface area contributed by atoms with Gasteiger partial charge in [0.1, 0.15) is 17.3 Å². The molecule has 4 aromatic rings. The predicted octanol–water partition coefficient (Wildman–Crippen LogP) is 5.18. The number of halogens is 1. The van der Waals surface area contributed by atoms with Crippen LogP contribution in [0, 0.1) is 12.7 Å². The SMILES string of the molecule is Cc1oc(-c2ccccc2)nc1CN(c1ccccc1)S(=O)(=O)c1ccc(F)cc1. The summed E-state index contributed by atoms with van der Waals surface area (Å²) in [5.41, 5.74) is 1.79. The van der Waals surface area contributed by atoms with Crippen LogP contribution in [-0.4, -0.2) is 13.4 Å². The van der Waals surface area contributed by atoms with Crippen molar-refractivity contribution in [2.75, 3.05) is 4.31 Å². The molecule has 0 saturated carbocycles. The van der Waals surface area contributed by atoms with Crippen LogP contribution in [0.25, 0.3) is 11.5 Å². The quantitative estimate of drug-likeness (QED) is 0.429. The Balaban J connectivity index is 1.75. The summed E-state index contributed by atoms with van der Waals surface area (Å²) in [6.07, 6.45) is 0. The van der Waals surface area contributed by atoms with Gasteiger partial charge in [-0.05, 0) is 55.5 Å². The van der Waals surface area contributed by atoms with Gasteiger partial charge >= 0.3 is 0 Å². The van der Waals surface area contributed by atoms with Crippen molar-refractivity contribution in [2.45, 2.75) is 18.4 Å². The fourth-order valence-corrected chi connectivity index (χ4v) is 4.48. The molecule has 0 aliphatic carbocycles. The monoisotopic (exact) mass is 422 g/mol. The summed E-state index contributed by atoms with van der Waals surface area (Å²) < 4.78 is 47.1. The highest BCUT2D eigenvalue weighted by Gasteiger charge is 2.27. The van der Waals surface area contributed by atoms with Crippen LogP contribution in [0.5, 0.6) is 0 Å². The Morgan fingerprint density at radius 3 is 2.13 bits per heavy atom. The highest BCUT2D eigenvalue weighted by molar-refractivity contribution is 7.92. The van der Waals surface area contributed by atoms with Gasteiger partial charge in [0.25, 0.3) is 10.0 Å². The van der Waals surface area contributed by atoms with Gasteiger partial charge in [-0.15, -0.1) is 0 Å². The summed E-state index contributed by atoms with van der Waals surface area (Å²) in [5.74, 6) is 0.458. The van der Waals surface area contributed by atoms with Crippen molar-refractivity contribution in [1.82, 2.24) is 4.98 Å². The van der Waals surface area contributed by atoms with Crippen molar-refractivity contribution < 1.29 is 17.2 Å². The second-order valence-electron chi connectivity index (χ2n) is 6.69. The van der Waals surface area contributed by atoms with Crippen LogP contribution >= 0.6 is 0 Å². The van der Waals surface area contributed by atoms with Crippen LogP contribution in [0.4, 0.5) is 10.1 Å². The fraction of sp³-hybridized carbons (Fsp3) is 0.0870. The molecule has 0 atom stereocenters. The summed E-state index contributed by atoms with van der Waals surface area (Å²) in [7, 11) is -3.96. The lowest BCUT2D eigenvalue weighted by Gasteiger charge is -2.24. The molecule has 1 aromatic heterocycles. The first-order chi connectivity index (χ1) is 14.4. The first-order valence-corrected chi connectivity index (χ1v) is 10.7. The number of aryl methyl sites for hydroxylation is 1. The van der Waals surface area contributed by atoms with Crippen LogP contribution in [0.15, 0.2) is 94.2 Å². The van der Waals surface area contributed by atoms with Gasteiger partial charge in [0.15, 0.2) is 0 Å². The van der Waals surface area contributed by atoms with Gasteiger partial charge in [-0.2, -0.15) is 0 Å². The number of benzene rings is 3. The number of rotatable bonds is 6. The number of oxazole rings is 1. The first kappa shape index (κ1) is 19.8. The zero-order valence-corrected chi connectivity index (χ0v) is 17.0. The molecule has 0 fully saturated rings. The van der Waals surface area contributed by atoms with Gasteiger partial charge in [0, 0.05) is 5.56 Å². The maximum Gasteiger partial charge on any atom is 0.264 e. The van der Waals surface area contributed by atoms with Gasteiger partial charge in [0.05, 0.1) is 17.1 Å². The Morgan fingerprint density at radius 2 is 1.50 bits per heavy atom. The molecule has 0 bridgehead atoms. The summed E-state index contributed by atoms with van der Waals surface area (Å²) in [4.78, 5) is 4.53. The molecular formula is C23H19FN2O3S. The van der Waals surface area contributed by atoms with Crippen molar-refractivity contribution in [1.29, 1.82) is 0 Å². The van der Waals surface area contributed by atoms with Crippen molar-refractivity contribution in [3.8, 4) is 11.5 Å². The molecule has 4 rings (SSSR count). The third-order valence-corrected chi connectivity index (χ3v) is 6.44. The van der Waals surface area contributed by atoms with Crippen LogP contribution in [-0.2, 0) is 16.6 Å². The number of hydrogen-bond donors (Lipinski definition) is 0. The standard InChI is InChI=1S/C23H19FN2O3S/c1-17-22(25-23(29-17)18-8-4-2-5-9-18)16-26(20-10-6-3-7-11-20)30(27,28)21-14-12-19(24)13-15-21/h2-15H,16H2,1H3. The third kappa shape index (κ3) is 3.97. The first-order valence-electron chi connectivity index (χ1n) is 9.30. The fourth-order valence-electron chi connectivity index (χ4n) is 3.06. The smallest absolute Gasteiger partial charge is 0.264 e. The van der Waals surface area contributed by atoms with Crippen LogP contribution in [0.1, 0.15) is 11.5 Å². The Morgan fingerprint density at radius 1 is 0.900 bits per heavy atom. The van der Waals surface area contributed by atoms with Gasteiger partial charge in [-0.25, -0.2) is 17.8 Å². The minimum atomic E-state index is -3.96. The molecule has 0 aliphatic rings. The van der Waals surface area contributed by atoms with Crippen molar-refractivity contribution >= 4 is 15.7 Å². The number of sulfonamides is 1. The summed E-state index contributed by atoms with van der Waals surface area (Å²) in [5, 5.41) is 0. The molecule has 0 radical (unpaired) electrons. The van der Waals surface area contributed by atoms with Crippen LogP contribution in [0.3, 0.4) is 0 Å². The molecule has 3 aromatic carbocycles. The minimum absolute atomic E-state index is 0.00261. The second kappa shape index (κ2) is 8.12. The average Bonchev–Trinajstić information content (AvgIpc) is 3.14. The number of hydrogen-bond acceptors (Lipinski definition) is 4.